The van der Waals surface area contributed by atoms with E-state index in [1.54, 1.807) is 11.3 Å². The second kappa shape index (κ2) is 3.81. The molecule has 0 radical (unpaired) electrons. The van der Waals surface area contributed by atoms with Crippen LogP contribution < -0.4 is 0 Å². The number of aromatic nitrogens is 2. The second-order valence-electron chi connectivity index (χ2n) is 4.16. The molecule has 0 aromatic carbocycles. The van der Waals surface area contributed by atoms with E-state index in [0.717, 1.165) is 5.13 Å². The fraction of sp³-hybridized carbons (Fsp3) is 0.417. The monoisotopic (exact) mass is 220 g/mol. The van der Waals surface area contributed by atoms with Gasteiger partial charge in [-0.1, -0.05) is 13.8 Å². The summed E-state index contributed by atoms with van der Waals surface area (Å²) in [5.41, 5.74) is 3.68. The molecule has 0 N–H and O–H groups in total. The fourth-order valence-corrected chi connectivity index (χ4v) is 2.72. The van der Waals surface area contributed by atoms with Crippen molar-refractivity contribution in [3.05, 3.63) is 34.6 Å². The van der Waals surface area contributed by atoms with Crippen LogP contribution in [0.3, 0.4) is 0 Å². The number of hydrogen-bond acceptors (Lipinski definition) is 2. The van der Waals surface area contributed by atoms with Gasteiger partial charge in [0.25, 0.3) is 0 Å². The minimum Gasteiger partial charge on any atom is -0.295 e. The number of rotatable bonds is 2. The van der Waals surface area contributed by atoms with Crippen molar-refractivity contribution in [3.63, 3.8) is 0 Å². The molecular formula is C12H16N2S. The maximum Gasteiger partial charge on any atom is 0.194 e. The zero-order chi connectivity index (χ0) is 11.0. The predicted molar refractivity (Wildman–Crippen MR) is 65.0 cm³/mol. The molecule has 2 heterocycles. The molecule has 0 atom stereocenters. The standard InChI is InChI=1S/C12H16N2S/c1-8(2)11-7-15-12(13-11)14-9(3)5-6-10(14)4/h5-8H,1-4H3. The molecule has 0 saturated carbocycles. The van der Waals surface area contributed by atoms with Gasteiger partial charge in [-0.3, -0.25) is 4.57 Å². The van der Waals surface area contributed by atoms with E-state index < -0.39 is 0 Å². The van der Waals surface area contributed by atoms with Crippen LogP contribution in [0.1, 0.15) is 36.8 Å². The van der Waals surface area contributed by atoms with E-state index in [9.17, 15) is 0 Å². The van der Waals surface area contributed by atoms with Crippen molar-refractivity contribution in [2.24, 2.45) is 0 Å². The SMILES string of the molecule is Cc1ccc(C)n1-c1nc(C(C)C)cs1. The van der Waals surface area contributed by atoms with Crippen molar-refractivity contribution in [1.29, 1.82) is 0 Å². The summed E-state index contributed by atoms with van der Waals surface area (Å²) >= 11 is 1.72. The molecule has 0 saturated heterocycles. The summed E-state index contributed by atoms with van der Waals surface area (Å²) in [7, 11) is 0. The van der Waals surface area contributed by atoms with Crippen molar-refractivity contribution < 1.29 is 0 Å². The van der Waals surface area contributed by atoms with Crippen molar-refractivity contribution in [3.8, 4) is 5.13 Å². The van der Waals surface area contributed by atoms with E-state index in [-0.39, 0.29) is 0 Å². The number of thiazole rings is 1. The maximum atomic E-state index is 4.66. The van der Waals surface area contributed by atoms with Crippen LogP contribution in [0.4, 0.5) is 0 Å². The van der Waals surface area contributed by atoms with Gasteiger partial charge >= 0.3 is 0 Å². The van der Waals surface area contributed by atoms with Crippen molar-refractivity contribution in [2.45, 2.75) is 33.6 Å². The minimum absolute atomic E-state index is 0.506. The molecule has 0 amide bonds. The van der Waals surface area contributed by atoms with Crippen LogP contribution in [0.5, 0.6) is 0 Å². The summed E-state index contributed by atoms with van der Waals surface area (Å²) in [6, 6.07) is 4.26. The zero-order valence-corrected chi connectivity index (χ0v) is 10.4. The molecule has 3 heteroatoms. The summed E-state index contributed by atoms with van der Waals surface area (Å²) in [6.07, 6.45) is 0. The summed E-state index contributed by atoms with van der Waals surface area (Å²) < 4.78 is 2.20. The first-order valence-electron chi connectivity index (χ1n) is 5.20. The van der Waals surface area contributed by atoms with E-state index in [1.165, 1.54) is 17.1 Å². The van der Waals surface area contributed by atoms with Gasteiger partial charge in [-0.2, -0.15) is 0 Å². The van der Waals surface area contributed by atoms with E-state index in [2.05, 4.69) is 54.8 Å². The molecule has 2 aromatic rings. The normalized spacial score (nSPS) is 11.3. The Morgan fingerprint density at radius 1 is 1.20 bits per heavy atom. The third-order valence-electron chi connectivity index (χ3n) is 2.56. The zero-order valence-electron chi connectivity index (χ0n) is 9.61. The highest BCUT2D eigenvalue weighted by molar-refractivity contribution is 7.12. The third kappa shape index (κ3) is 1.84. The topological polar surface area (TPSA) is 17.8 Å². The number of aryl methyl sites for hydroxylation is 2. The Morgan fingerprint density at radius 2 is 1.80 bits per heavy atom. The van der Waals surface area contributed by atoms with Gasteiger partial charge in [0, 0.05) is 16.8 Å². The second-order valence-corrected chi connectivity index (χ2v) is 5.00. The highest BCUT2D eigenvalue weighted by Gasteiger charge is 2.09. The van der Waals surface area contributed by atoms with Crippen LogP contribution in [0.25, 0.3) is 5.13 Å². The van der Waals surface area contributed by atoms with Gasteiger partial charge in [0.1, 0.15) is 0 Å². The summed E-state index contributed by atoms with van der Waals surface area (Å²) in [6.45, 7) is 8.58. The molecule has 0 aliphatic carbocycles. The molecule has 2 aromatic heterocycles. The molecule has 80 valence electrons. The van der Waals surface area contributed by atoms with Gasteiger partial charge in [-0.25, -0.2) is 4.98 Å². The Bertz CT molecular complexity index is 446. The predicted octanol–water partition coefficient (Wildman–Crippen LogP) is 3.67. The van der Waals surface area contributed by atoms with Crippen molar-refractivity contribution >= 4 is 11.3 Å². The molecule has 2 rings (SSSR count). The molecule has 0 aliphatic rings. The quantitative estimate of drug-likeness (QED) is 0.755. The van der Waals surface area contributed by atoms with Gasteiger partial charge in [-0.05, 0) is 31.9 Å². The fourth-order valence-electron chi connectivity index (χ4n) is 1.61. The number of hydrogen-bond donors (Lipinski definition) is 0. The number of nitrogens with zero attached hydrogens (tertiary/aromatic N) is 2. The van der Waals surface area contributed by atoms with E-state index >= 15 is 0 Å². The smallest absolute Gasteiger partial charge is 0.194 e. The van der Waals surface area contributed by atoms with Gasteiger partial charge in [-0.15, -0.1) is 11.3 Å². The van der Waals surface area contributed by atoms with Crippen LogP contribution in [-0.2, 0) is 0 Å². The molecule has 2 nitrogen and oxygen atoms in total. The molecule has 15 heavy (non-hydrogen) atoms. The van der Waals surface area contributed by atoms with Gasteiger partial charge in [0.05, 0.1) is 5.69 Å². The lowest BCUT2D eigenvalue weighted by atomic mass is 10.2. The van der Waals surface area contributed by atoms with Gasteiger partial charge in [0.2, 0.25) is 0 Å². The van der Waals surface area contributed by atoms with Crippen LogP contribution in [-0.4, -0.2) is 9.55 Å². The lowest BCUT2D eigenvalue weighted by Gasteiger charge is -2.04. The molecule has 0 unspecified atom stereocenters. The van der Waals surface area contributed by atoms with Crippen LogP contribution in [0, 0.1) is 13.8 Å². The lowest BCUT2D eigenvalue weighted by Crippen LogP contribution is -1.98. The van der Waals surface area contributed by atoms with E-state index in [1.807, 2.05) is 0 Å². The summed E-state index contributed by atoms with van der Waals surface area (Å²) in [5.74, 6) is 0.506. The molecular weight excluding hydrogens is 204 g/mol. The third-order valence-corrected chi connectivity index (χ3v) is 3.41. The first-order valence-corrected chi connectivity index (χ1v) is 6.08. The first-order chi connectivity index (χ1) is 7.09. The van der Waals surface area contributed by atoms with Crippen LogP contribution >= 0.6 is 11.3 Å². The lowest BCUT2D eigenvalue weighted by molar-refractivity contribution is 0.820. The molecule has 0 bridgehead atoms. The van der Waals surface area contributed by atoms with E-state index in [0.29, 0.717) is 5.92 Å². The first kappa shape index (κ1) is 10.4. The van der Waals surface area contributed by atoms with Crippen LogP contribution in [0.15, 0.2) is 17.5 Å². The molecule has 0 fully saturated rings. The van der Waals surface area contributed by atoms with Crippen molar-refractivity contribution in [1.82, 2.24) is 9.55 Å². The maximum absolute atomic E-state index is 4.66. The highest BCUT2D eigenvalue weighted by atomic mass is 32.1. The van der Waals surface area contributed by atoms with Crippen molar-refractivity contribution in [2.75, 3.05) is 0 Å². The Morgan fingerprint density at radius 3 is 2.27 bits per heavy atom. The highest BCUT2D eigenvalue weighted by Crippen LogP contribution is 2.23. The summed E-state index contributed by atoms with van der Waals surface area (Å²) in [5, 5.41) is 3.23. The Kier molecular flexibility index (Phi) is 2.65. The minimum atomic E-state index is 0.506. The van der Waals surface area contributed by atoms with Gasteiger partial charge < -0.3 is 0 Å². The van der Waals surface area contributed by atoms with E-state index in [4.69, 9.17) is 0 Å². The average molecular weight is 220 g/mol. The molecule has 0 aliphatic heterocycles. The van der Waals surface area contributed by atoms with Gasteiger partial charge in [0.15, 0.2) is 5.13 Å². The largest absolute Gasteiger partial charge is 0.295 e. The Labute approximate surface area is 94.6 Å². The Balaban J connectivity index is 2.46. The average Bonchev–Trinajstić information content (AvgIpc) is 2.73. The van der Waals surface area contributed by atoms with Crippen LogP contribution in [0.2, 0.25) is 0 Å². The molecule has 0 spiro atoms. The Hall–Kier alpha value is -1.09. The summed E-state index contributed by atoms with van der Waals surface area (Å²) in [4.78, 5) is 4.66.